The van der Waals surface area contributed by atoms with Crippen molar-refractivity contribution in [2.24, 2.45) is 5.41 Å². The Morgan fingerprint density at radius 3 is 2.76 bits per heavy atom. The number of methoxy groups -OCH3 is 1. The summed E-state index contributed by atoms with van der Waals surface area (Å²) in [5.41, 5.74) is 0.0617. The minimum atomic E-state index is -1.06. The normalized spacial score (nSPS) is 11.5. The minimum Gasteiger partial charge on any atom is -0.475 e. The molecule has 2 N–H and O–H groups in total. The highest BCUT2D eigenvalue weighted by Crippen LogP contribution is 2.22. The van der Waals surface area contributed by atoms with Crippen molar-refractivity contribution in [1.82, 2.24) is 0 Å². The van der Waals surface area contributed by atoms with Gasteiger partial charge in [-0.1, -0.05) is 13.8 Å². The molecule has 0 aliphatic rings. The molecule has 0 fully saturated rings. The van der Waals surface area contributed by atoms with Crippen LogP contribution < -0.4 is 5.32 Å². The molecular weight excluding hydrogens is 222 g/mol. The highest BCUT2D eigenvalue weighted by Gasteiger charge is 2.18. The van der Waals surface area contributed by atoms with Gasteiger partial charge in [-0.3, -0.25) is 0 Å². The molecule has 0 aromatic carbocycles. The van der Waals surface area contributed by atoms with Gasteiger partial charge in [0.05, 0.1) is 0 Å². The van der Waals surface area contributed by atoms with Crippen LogP contribution in [0.4, 0.5) is 5.88 Å². The molecule has 0 spiro atoms. The fraction of sp³-hybridized carbons (Fsp3) is 0.583. The first-order valence-electron chi connectivity index (χ1n) is 5.50. The summed E-state index contributed by atoms with van der Waals surface area (Å²) in [6.07, 6.45) is 0.920. The molecule has 5 nitrogen and oxygen atoms in total. The lowest BCUT2D eigenvalue weighted by Crippen LogP contribution is -2.24. The molecule has 1 rings (SSSR count). The SMILES string of the molecule is COCCC(C)(C)CNc1ccc(C(=O)O)o1. The first-order valence-corrected chi connectivity index (χ1v) is 5.50. The summed E-state index contributed by atoms with van der Waals surface area (Å²) >= 11 is 0. The Balaban J connectivity index is 2.46. The van der Waals surface area contributed by atoms with Crippen molar-refractivity contribution in [1.29, 1.82) is 0 Å². The number of hydrogen-bond donors (Lipinski definition) is 2. The summed E-state index contributed by atoms with van der Waals surface area (Å²) < 4.78 is 10.1. The summed E-state index contributed by atoms with van der Waals surface area (Å²) in [7, 11) is 1.68. The van der Waals surface area contributed by atoms with E-state index in [0.29, 0.717) is 19.0 Å². The number of furan rings is 1. The van der Waals surface area contributed by atoms with E-state index in [-0.39, 0.29) is 11.2 Å². The van der Waals surface area contributed by atoms with E-state index in [1.54, 1.807) is 13.2 Å². The third-order valence-corrected chi connectivity index (χ3v) is 2.54. The molecule has 0 atom stereocenters. The Bertz CT molecular complexity index is 370. The molecule has 17 heavy (non-hydrogen) atoms. The fourth-order valence-corrected chi connectivity index (χ4v) is 1.34. The Hall–Kier alpha value is -1.49. The smallest absolute Gasteiger partial charge is 0.371 e. The average Bonchev–Trinajstić information content (AvgIpc) is 2.73. The van der Waals surface area contributed by atoms with Crippen LogP contribution in [-0.4, -0.2) is 31.3 Å². The lowest BCUT2D eigenvalue weighted by Gasteiger charge is -2.24. The summed E-state index contributed by atoms with van der Waals surface area (Å²) in [4.78, 5) is 10.6. The molecule has 1 aromatic rings. The van der Waals surface area contributed by atoms with Gasteiger partial charge in [0.15, 0.2) is 5.88 Å². The molecule has 96 valence electrons. The third-order valence-electron chi connectivity index (χ3n) is 2.54. The molecule has 0 aliphatic carbocycles. The maximum atomic E-state index is 10.6. The van der Waals surface area contributed by atoms with Crippen molar-refractivity contribution in [3.05, 3.63) is 17.9 Å². The standard InChI is InChI=1S/C12H19NO4/c1-12(2,6-7-16-3)8-13-10-5-4-9(17-10)11(14)15/h4-5,13H,6-8H2,1-3H3,(H,14,15). The predicted molar refractivity (Wildman–Crippen MR) is 64.4 cm³/mol. The Kier molecular flexibility index (Phi) is 4.57. The van der Waals surface area contributed by atoms with E-state index < -0.39 is 5.97 Å². The molecule has 0 amide bonds. The molecule has 5 heteroatoms. The van der Waals surface area contributed by atoms with Gasteiger partial charge in [0.25, 0.3) is 0 Å². The zero-order chi connectivity index (χ0) is 12.9. The third kappa shape index (κ3) is 4.48. The second-order valence-electron chi connectivity index (χ2n) is 4.73. The number of nitrogens with one attached hydrogen (secondary N) is 1. The van der Waals surface area contributed by atoms with E-state index in [4.69, 9.17) is 14.3 Å². The Morgan fingerprint density at radius 1 is 1.53 bits per heavy atom. The van der Waals surface area contributed by atoms with Gasteiger partial charge in [0.1, 0.15) is 0 Å². The number of carbonyl (C=O) groups is 1. The number of hydrogen-bond acceptors (Lipinski definition) is 4. The lowest BCUT2D eigenvalue weighted by molar-refractivity contribution is 0.0663. The number of carboxylic acid groups (broad SMARTS) is 1. The van der Waals surface area contributed by atoms with E-state index in [0.717, 1.165) is 6.42 Å². The van der Waals surface area contributed by atoms with E-state index in [2.05, 4.69) is 19.2 Å². The molecular formula is C12H19NO4. The van der Waals surface area contributed by atoms with Crippen LogP contribution in [0.25, 0.3) is 0 Å². The predicted octanol–water partition coefficient (Wildman–Crippen LogP) is 2.45. The van der Waals surface area contributed by atoms with Crippen LogP contribution in [0.3, 0.4) is 0 Å². The summed E-state index contributed by atoms with van der Waals surface area (Å²) in [5, 5.41) is 11.8. The van der Waals surface area contributed by atoms with Crippen molar-refractivity contribution >= 4 is 11.9 Å². The second-order valence-corrected chi connectivity index (χ2v) is 4.73. The van der Waals surface area contributed by atoms with Crippen LogP contribution in [0.15, 0.2) is 16.5 Å². The number of anilines is 1. The van der Waals surface area contributed by atoms with Crippen LogP contribution in [0.1, 0.15) is 30.8 Å². The first kappa shape index (κ1) is 13.6. The maximum Gasteiger partial charge on any atom is 0.371 e. The topological polar surface area (TPSA) is 71.7 Å². The number of rotatable bonds is 7. The monoisotopic (exact) mass is 241 g/mol. The second kappa shape index (κ2) is 5.72. The van der Waals surface area contributed by atoms with Crippen LogP contribution >= 0.6 is 0 Å². The van der Waals surface area contributed by atoms with Crippen molar-refractivity contribution in [3.8, 4) is 0 Å². The number of ether oxygens (including phenoxy) is 1. The van der Waals surface area contributed by atoms with Crippen LogP contribution in [0.5, 0.6) is 0 Å². The maximum absolute atomic E-state index is 10.6. The largest absolute Gasteiger partial charge is 0.475 e. The number of carboxylic acids is 1. The van der Waals surface area contributed by atoms with E-state index in [1.807, 2.05) is 0 Å². The lowest BCUT2D eigenvalue weighted by atomic mass is 9.90. The molecule has 0 saturated heterocycles. The molecule has 0 bridgehead atoms. The van der Waals surface area contributed by atoms with E-state index in [9.17, 15) is 4.79 Å². The molecule has 0 aliphatic heterocycles. The Morgan fingerprint density at radius 2 is 2.24 bits per heavy atom. The van der Waals surface area contributed by atoms with Gasteiger partial charge >= 0.3 is 5.97 Å². The summed E-state index contributed by atoms with van der Waals surface area (Å²) in [6, 6.07) is 3.06. The summed E-state index contributed by atoms with van der Waals surface area (Å²) in [5.74, 6) is -0.633. The van der Waals surface area contributed by atoms with Crippen LogP contribution in [-0.2, 0) is 4.74 Å². The van der Waals surface area contributed by atoms with Gasteiger partial charge in [0, 0.05) is 26.3 Å². The van der Waals surface area contributed by atoms with Gasteiger partial charge in [0.2, 0.25) is 5.76 Å². The molecule has 0 radical (unpaired) electrons. The minimum absolute atomic E-state index is 0.0535. The van der Waals surface area contributed by atoms with Crippen molar-refractivity contribution in [2.45, 2.75) is 20.3 Å². The molecule has 1 aromatic heterocycles. The zero-order valence-electron chi connectivity index (χ0n) is 10.4. The average molecular weight is 241 g/mol. The zero-order valence-corrected chi connectivity index (χ0v) is 10.4. The number of aromatic carboxylic acids is 1. The first-order chi connectivity index (χ1) is 7.94. The van der Waals surface area contributed by atoms with Gasteiger partial charge < -0.3 is 19.6 Å². The highest BCUT2D eigenvalue weighted by molar-refractivity contribution is 5.84. The van der Waals surface area contributed by atoms with E-state index in [1.165, 1.54) is 6.07 Å². The molecule has 0 saturated carbocycles. The Labute approximate surface area is 101 Å². The van der Waals surface area contributed by atoms with Crippen molar-refractivity contribution < 1.29 is 19.1 Å². The fourth-order valence-electron chi connectivity index (χ4n) is 1.34. The van der Waals surface area contributed by atoms with Gasteiger partial charge in [-0.2, -0.15) is 0 Å². The van der Waals surface area contributed by atoms with Gasteiger partial charge in [-0.15, -0.1) is 0 Å². The van der Waals surface area contributed by atoms with E-state index >= 15 is 0 Å². The van der Waals surface area contributed by atoms with Crippen LogP contribution in [0, 0.1) is 5.41 Å². The highest BCUT2D eigenvalue weighted by atomic mass is 16.5. The van der Waals surface area contributed by atoms with Crippen LogP contribution in [0.2, 0.25) is 0 Å². The quantitative estimate of drug-likeness (QED) is 0.767. The molecule has 1 heterocycles. The summed E-state index contributed by atoms with van der Waals surface area (Å²) in [6.45, 7) is 5.62. The van der Waals surface area contributed by atoms with Gasteiger partial charge in [-0.25, -0.2) is 4.79 Å². The molecule has 0 unspecified atom stereocenters. The van der Waals surface area contributed by atoms with Crippen molar-refractivity contribution in [3.63, 3.8) is 0 Å². The van der Waals surface area contributed by atoms with Crippen molar-refractivity contribution in [2.75, 3.05) is 25.6 Å². The van der Waals surface area contributed by atoms with Gasteiger partial charge in [-0.05, 0) is 17.9 Å².